The molecule has 1 amide bonds. The van der Waals surface area contributed by atoms with E-state index in [1.165, 1.54) is 31.4 Å². The van der Waals surface area contributed by atoms with Gasteiger partial charge in [-0.15, -0.1) is 0 Å². The number of benzene rings is 1. The Hall–Kier alpha value is -2.21. The van der Waals surface area contributed by atoms with Crippen molar-refractivity contribution >= 4 is 5.91 Å². The molecule has 0 aliphatic heterocycles. The lowest BCUT2D eigenvalue weighted by molar-refractivity contribution is 0.0904. The third-order valence-electron chi connectivity index (χ3n) is 5.11. The second-order valence-electron chi connectivity index (χ2n) is 7.19. The van der Waals surface area contributed by atoms with Crippen LogP contribution in [0.3, 0.4) is 0 Å². The highest BCUT2D eigenvalue weighted by Crippen LogP contribution is 2.32. The lowest BCUT2D eigenvalue weighted by atomic mass is 9.87. The highest BCUT2D eigenvalue weighted by molar-refractivity contribution is 5.91. The van der Waals surface area contributed by atoms with E-state index < -0.39 is 0 Å². The van der Waals surface area contributed by atoms with Gasteiger partial charge in [-0.1, -0.05) is 36.6 Å². The summed E-state index contributed by atoms with van der Waals surface area (Å²) in [5.74, 6) is 0.116. The van der Waals surface area contributed by atoms with Crippen molar-refractivity contribution in [3.8, 4) is 0 Å². The van der Waals surface area contributed by atoms with Gasteiger partial charge in [-0.05, 0) is 44.6 Å². The molecule has 0 radical (unpaired) electrons. The fourth-order valence-corrected chi connectivity index (χ4v) is 3.55. The molecule has 140 valence electrons. The molecule has 1 N–H and O–H groups in total. The van der Waals surface area contributed by atoms with Crippen LogP contribution in [0.2, 0.25) is 0 Å². The van der Waals surface area contributed by atoms with E-state index in [2.05, 4.69) is 10.5 Å². The van der Waals surface area contributed by atoms with Crippen LogP contribution in [0.5, 0.6) is 0 Å². The molecule has 1 aliphatic carbocycles. The molecule has 6 heteroatoms. The van der Waals surface area contributed by atoms with Gasteiger partial charge in [-0.25, -0.2) is 4.39 Å². The number of nitrogens with zero attached hydrogens (tertiary/aromatic N) is 2. The second kappa shape index (κ2) is 8.45. The zero-order valence-electron chi connectivity index (χ0n) is 15.4. The summed E-state index contributed by atoms with van der Waals surface area (Å²) in [5, 5.41) is 7.00. The fourth-order valence-electron chi connectivity index (χ4n) is 3.55. The number of rotatable bonds is 6. The molecule has 3 rings (SSSR count). The zero-order valence-corrected chi connectivity index (χ0v) is 15.4. The smallest absolute Gasteiger partial charge is 0.289 e. The Morgan fingerprint density at radius 2 is 1.96 bits per heavy atom. The number of aromatic nitrogens is 1. The number of amides is 1. The van der Waals surface area contributed by atoms with Gasteiger partial charge in [0.2, 0.25) is 5.76 Å². The molecular formula is C20H26FN3O2. The third-order valence-corrected chi connectivity index (χ3v) is 5.11. The Bertz CT molecular complexity index is 721. The van der Waals surface area contributed by atoms with E-state index in [9.17, 15) is 9.18 Å². The number of hydrogen-bond donors (Lipinski definition) is 1. The molecule has 5 nitrogen and oxygen atoms in total. The monoisotopic (exact) mass is 359 g/mol. The molecule has 1 aliphatic rings. The molecule has 0 spiro atoms. The predicted molar refractivity (Wildman–Crippen MR) is 97.5 cm³/mol. The average molecular weight is 359 g/mol. The van der Waals surface area contributed by atoms with Gasteiger partial charge in [0.15, 0.2) is 0 Å². The van der Waals surface area contributed by atoms with E-state index in [0.717, 1.165) is 24.1 Å². The average Bonchev–Trinajstić information content (AvgIpc) is 3.14. The van der Waals surface area contributed by atoms with Crippen LogP contribution >= 0.6 is 0 Å². The largest absolute Gasteiger partial charge is 0.351 e. The summed E-state index contributed by atoms with van der Waals surface area (Å²) in [6, 6.07) is 8.05. The minimum Gasteiger partial charge on any atom is -0.351 e. The maximum Gasteiger partial charge on any atom is 0.289 e. The molecule has 1 atom stereocenters. The Morgan fingerprint density at radius 1 is 1.27 bits per heavy atom. The molecule has 0 saturated heterocycles. The first kappa shape index (κ1) is 18.6. The third kappa shape index (κ3) is 4.49. The summed E-state index contributed by atoms with van der Waals surface area (Å²) in [5.41, 5.74) is 1.83. The van der Waals surface area contributed by atoms with Crippen LogP contribution < -0.4 is 5.32 Å². The molecular weight excluding hydrogens is 333 g/mol. The van der Waals surface area contributed by atoms with E-state index in [1.807, 2.05) is 19.0 Å². The molecule has 26 heavy (non-hydrogen) atoms. The van der Waals surface area contributed by atoms with Gasteiger partial charge in [0.25, 0.3) is 5.91 Å². The maximum absolute atomic E-state index is 13.1. The van der Waals surface area contributed by atoms with Gasteiger partial charge in [0.1, 0.15) is 5.82 Å². The summed E-state index contributed by atoms with van der Waals surface area (Å²) < 4.78 is 18.4. The number of carbonyl (C=O) groups excluding carboxylic acids is 1. The number of halogens is 1. The van der Waals surface area contributed by atoms with Crippen molar-refractivity contribution in [1.29, 1.82) is 0 Å². The highest BCUT2D eigenvalue weighted by Gasteiger charge is 2.22. The van der Waals surface area contributed by atoms with Crippen LogP contribution in [0.25, 0.3) is 0 Å². The molecule has 1 fully saturated rings. The van der Waals surface area contributed by atoms with Crippen molar-refractivity contribution in [3.63, 3.8) is 0 Å². The fraction of sp³-hybridized carbons (Fsp3) is 0.500. The van der Waals surface area contributed by atoms with Gasteiger partial charge < -0.3 is 14.7 Å². The lowest BCUT2D eigenvalue weighted by Crippen LogP contribution is -2.34. The van der Waals surface area contributed by atoms with Gasteiger partial charge in [-0.2, -0.15) is 0 Å². The summed E-state index contributed by atoms with van der Waals surface area (Å²) >= 11 is 0. The quantitative estimate of drug-likeness (QED) is 0.850. The second-order valence-corrected chi connectivity index (χ2v) is 7.19. The number of carbonyl (C=O) groups is 1. The van der Waals surface area contributed by atoms with Crippen molar-refractivity contribution in [1.82, 2.24) is 15.4 Å². The molecule has 1 saturated carbocycles. The van der Waals surface area contributed by atoms with Crippen LogP contribution in [0.4, 0.5) is 4.39 Å². The van der Waals surface area contributed by atoms with E-state index >= 15 is 0 Å². The lowest BCUT2D eigenvalue weighted by Gasteiger charge is -2.24. The van der Waals surface area contributed by atoms with E-state index in [1.54, 1.807) is 18.2 Å². The van der Waals surface area contributed by atoms with Crippen molar-refractivity contribution in [2.45, 2.75) is 44.1 Å². The Labute approximate surface area is 153 Å². The van der Waals surface area contributed by atoms with Gasteiger partial charge in [-0.3, -0.25) is 4.79 Å². The van der Waals surface area contributed by atoms with Crippen molar-refractivity contribution in [2.24, 2.45) is 0 Å². The topological polar surface area (TPSA) is 58.4 Å². The predicted octanol–water partition coefficient (Wildman–Crippen LogP) is 3.89. The van der Waals surface area contributed by atoms with E-state index in [-0.39, 0.29) is 23.5 Å². The minimum atomic E-state index is -0.271. The number of likely N-dealkylation sites (N-methyl/N-ethyl adjacent to an activating group) is 1. The Balaban J connectivity index is 1.61. The zero-order chi connectivity index (χ0) is 18.5. The SMILES string of the molecule is CN(C)C(CNC(=O)c1cc(C2CCCCC2)no1)c1ccc(F)cc1. The normalized spacial score (nSPS) is 16.6. The Kier molecular flexibility index (Phi) is 6.04. The Morgan fingerprint density at radius 3 is 2.62 bits per heavy atom. The molecule has 0 bridgehead atoms. The van der Waals surface area contributed by atoms with E-state index in [4.69, 9.17) is 4.52 Å². The van der Waals surface area contributed by atoms with Crippen LogP contribution in [0.15, 0.2) is 34.9 Å². The number of nitrogens with one attached hydrogen (secondary N) is 1. The number of hydrogen-bond acceptors (Lipinski definition) is 4. The van der Waals surface area contributed by atoms with Gasteiger partial charge in [0, 0.05) is 18.5 Å². The van der Waals surface area contributed by atoms with Crippen molar-refractivity contribution in [3.05, 3.63) is 53.2 Å². The van der Waals surface area contributed by atoms with Crippen molar-refractivity contribution in [2.75, 3.05) is 20.6 Å². The van der Waals surface area contributed by atoms with Crippen LogP contribution in [0.1, 0.15) is 65.9 Å². The molecule has 1 aromatic carbocycles. The molecule has 1 heterocycles. The van der Waals surface area contributed by atoms with Gasteiger partial charge in [0.05, 0.1) is 11.7 Å². The van der Waals surface area contributed by atoms with E-state index in [0.29, 0.717) is 12.5 Å². The summed E-state index contributed by atoms with van der Waals surface area (Å²) in [6.45, 7) is 0.400. The van der Waals surface area contributed by atoms with Crippen molar-refractivity contribution < 1.29 is 13.7 Å². The maximum atomic E-state index is 13.1. The first-order valence-corrected chi connectivity index (χ1v) is 9.21. The van der Waals surface area contributed by atoms with Crippen LogP contribution in [-0.2, 0) is 0 Å². The van der Waals surface area contributed by atoms with Crippen LogP contribution in [-0.4, -0.2) is 36.6 Å². The summed E-state index contributed by atoms with van der Waals surface area (Å²) in [6.07, 6.45) is 5.92. The minimum absolute atomic E-state index is 0.0553. The highest BCUT2D eigenvalue weighted by atomic mass is 19.1. The molecule has 1 unspecified atom stereocenters. The summed E-state index contributed by atoms with van der Waals surface area (Å²) in [4.78, 5) is 14.4. The summed E-state index contributed by atoms with van der Waals surface area (Å²) in [7, 11) is 3.85. The molecule has 1 aromatic heterocycles. The first-order valence-electron chi connectivity index (χ1n) is 9.21. The van der Waals surface area contributed by atoms with Gasteiger partial charge >= 0.3 is 0 Å². The molecule has 2 aromatic rings. The standard InChI is InChI=1S/C20H26FN3O2/c1-24(2)18(15-8-10-16(21)11-9-15)13-22-20(25)19-12-17(23-26-19)14-6-4-3-5-7-14/h8-12,14,18H,3-7,13H2,1-2H3,(H,22,25). The van der Waals surface area contributed by atoms with Crippen LogP contribution in [0, 0.1) is 5.82 Å². The first-order chi connectivity index (χ1) is 12.5.